The number of hydrogen-bond acceptors (Lipinski definition) is 1. The number of nitrogens with zero attached hydrogens (tertiary/aromatic N) is 1. The van der Waals surface area contributed by atoms with Gasteiger partial charge in [0.15, 0.2) is 0 Å². The molecule has 0 radical (unpaired) electrons. The molecule has 0 amide bonds. The second-order valence-electron chi connectivity index (χ2n) is 7.02. The molecule has 1 aromatic rings. The van der Waals surface area contributed by atoms with E-state index in [2.05, 4.69) is 68.2 Å². The average Bonchev–Trinajstić information content (AvgIpc) is 3.27. The second kappa shape index (κ2) is 9.27. The van der Waals surface area contributed by atoms with Gasteiger partial charge in [-0.2, -0.15) is 0 Å². The lowest BCUT2D eigenvalue weighted by atomic mass is 10.0. The highest BCUT2D eigenvalue weighted by atomic mass is 15.2. The van der Waals surface area contributed by atoms with E-state index in [9.17, 15) is 0 Å². The second-order valence-corrected chi connectivity index (χ2v) is 7.02. The van der Waals surface area contributed by atoms with E-state index in [-0.39, 0.29) is 0 Å². The summed E-state index contributed by atoms with van der Waals surface area (Å²) in [6.07, 6.45) is 14.0. The topological polar surface area (TPSA) is 3.24 Å². The van der Waals surface area contributed by atoms with Crippen LogP contribution in [0.4, 0.5) is 0 Å². The van der Waals surface area contributed by atoms with Crippen molar-refractivity contribution >= 4 is 0 Å². The van der Waals surface area contributed by atoms with Crippen molar-refractivity contribution < 1.29 is 0 Å². The SMILES string of the molecule is CCC[C@@]1(N(CC)CC)C[C@@H]1CCC/C=C/Cc1ccccc1. The van der Waals surface area contributed by atoms with Crippen LogP contribution >= 0.6 is 0 Å². The summed E-state index contributed by atoms with van der Waals surface area (Å²) >= 11 is 0. The lowest BCUT2D eigenvalue weighted by Gasteiger charge is -2.31. The Hall–Kier alpha value is -1.08. The summed E-state index contributed by atoms with van der Waals surface area (Å²) in [4.78, 5) is 2.73. The van der Waals surface area contributed by atoms with Gasteiger partial charge in [-0.3, -0.25) is 4.90 Å². The molecule has 2 atom stereocenters. The zero-order valence-corrected chi connectivity index (χ0v) is 15.4. The number of hydrogen-bond donors (Lipinski definition) is 0. The van der Waals surface area contributed by atoms with E-state index in [1.165, 1.54) is 57.2 Å². The third-order valence-electron chi connectivity index (χ3n) is 5.56. The summed E-state index contributed by atoms with van der Waals surface area (Å²) in [5.74, 6) is 0.949. The number of allylic oxidation sites excluding steroid dienone is 2. The van der Waals surface area contributed by atoms with Gasteiger partial charge in [-0.1, -0.05) is 69.7 Å². The Morgan fingerprint density at radius 1 is 1.09 bits per heavy atom. The number of benzene rings is 1. The van der Waals surface area contributed by atoms with Crippen LogP contribution in [0.5, 0.6) is 0 Å². The van der Waals surface area contributed by atoms with Crippen LogP contribution in [0.1, 0.15) is 64.9 Å². The molecule has 1 aliphatic rings. The maximum absolute atomic E-state index is 2.73. The Morgan fingerprint density at radius 2 is 1.83 bits per heavy atom. The molecule has 0 aromatic heterocycles. The van der Waals surface area contributed by atoms with E-state index in [0.717, 1.165) is 12.3 Å². The minimum Gasteiger partial charge on any atom is -0.298 e. The van der Waals surface area contributed by atoms with Gasteiger partial charge in [-0.25, -0.2) is 0 Å². The molecule has 0 heterocycles. The molecular weight excluding hydrogens is 278 g/mol. The van der Waals surface area contributed by atoms with Gasteiger partial charge in [0.1, 0.15) is 0 Å². The molecule has 0 spiro atoms. The molecule has 1 aromatic carbocycles. The standard InChI is InChI=1S/C22H35N/c1-4-18-22(23(5-2)6-3)19-21(22)17-13-8-7-10-14-20-15-11-9-12-16-20/h7,9-12,15-16,21H,4-6,8,13-14,17-19H2,1-3H3/b10-7+/t21-,22+/m0/s1. The van der Waals surface area contributed by atoms with Crippen molar-refractivity contribution in [2.45, 2.75) is 71.3 Å². The first-order valence-electron chi connectivity index (χ1n) is 9.70. The lowest BCUT2D eigenvalue weighted by molar-refractivity contribution is 0.165. The highest BCUT2D eigenvalue weighted by Crippen LogP contribution is 2.54. The summed E-state index contributed by atoms with van der Waals surface area (Å²) < 4.78 is 0. The molecule has 1 nitrogen and oxygen atoms in total. The highest BCUT2D eigenvalue weighted by molar-refractivity contribution is 5.17. The Bertz CT molecular complexity index is 460. The Kier molecular flexibility index (Phi) is 7.36. The van der Waals surface area contributed by atoms with Crippen molar-refractivity contribution in [3.63, 3.8) is 0 Å². The number of unbranched alkanes of at least 4 members (excludes halogenated alkanes) is 1. The van der Waals surface area contributed by atoms with Gasteiger partial charge in [-0.05, 0) is 63.1 Å². The largest absolute Gasteiger partial charge is 0.298 e. The first-order chi connectivity index (χ1) is 11.3. The summed E-state index contributed by atoms with van der Waals surface area (Å²) in [7, 11) is 0. The third kappa shape index (κ3) is 4.94. The minimum atomic E-state index is 0.562. The van der Waals surface area contributed by atoms with Crippen molar-refractivity contribution in [3.05, 3.63) is 48.0 Å². The van der Waals surface area contributed by atoms with E-state index >= 15 is 0 Å². The zero-order chi connectivity index (χ0) is 16.5. The van der Waals surface area contributed by atoms with Gasteiger partial charge >= 0.3 is 0 Å². The molecule has 0 unspecified atom stereocenters. The molecule has 2 rings (SSSR count). The summed E-state index contributed by atoms with van der Waals surface area (Å²) in [5.41, 5.74) is 1.97. The molecule has 1 saturated carbocycles. The van der Waals surface area contributed by atoms with Crippen LogP contribution in [0, 0.1) is 5.92 Å². The monoisotopic (exact) mass is 313 g/mol. The molecule has 128 valence electrons. The summed E-state index contributed by atoms with van der Waals surface area (Å²) in [6.45, 7) is 9.41. The summed E-state index contributed by atoms with van der Waals surface area (Å²) in [6, 6.07) is 10.7. The fraction of sp³-hybridized carbons (Fsp3) is 0.636. The van der Waals surface area contributed by atoms with E-state index in [1.54, 1.807) is 0 Å². The maximum Gasteiger partial charge on any atom is 0.0241 e. The van der Waals surface area contributed by atoms with Gasteiger partial charge < -0.3 is 0 Å². The molecule has 1 fully saturated rings. The predicted octanol–water partition coefficient (Wildman–Crippen LogP) is 5.86. The lowest BCUT2D eigenvalue weighted by Crippen LogP contribution is -2.38. The van der Waals surface area contributed by atoms with Gasteiger partial charge in [0.25, 0.3) is 0 Å². The molecule has 0 aliphatic heterocycles. The highest BCUT2D eigenvalue weighted by Gasteiger charge is 2.55. The van der Waals surface area contributed by atoms with Crippen LogP contribution in [0.25, 0.3) is 0 Å². The first-order valence-corrected chi connectivity index (χ1v) is 9.70. The molecule has 1 heteroatoms. The third-order valence-corrected chi connectivity index (χ3v) is 5.56. The van der Waals surface area contributed by atoms with Gasteiger partial charge in [0.2, 0.25) is 0 Å². The van der Waals surface area contributed by atoms with E-state index in [0.29, 0.717) is 5.54 Å². The molecule has 0 N–H and O–H groups in total. The summed E-state index contributed by atoms with van der Waals surface area (Å²) in [5, 5.41) is 0. The molecule has 23 heavy (non-hydrogen) atoms. The van der Waals surface area contributed by atoms with Crippen molar-refractivity contribution in [2.24, 2.45) is 5.92 Å². The Balaban J connectivity index is 1.68. The van der Waals surface area contributed by atoms with Crippen LogP contribution in [-0.4, -0.2) is 23.5 Å². The van der Waals surface area contributed by atoms with E-state index in [4.69, 9.17) is 0 Å². The Morgan fingerprint density at radius 3 is 2.48 bits per heavy atom. The van der Waals surface area contributed by atoms with E-state index in [1.807, 2.05) is 0 Å². The molecule has 0 saturated heterocycles. The normalized spacial score (nSPS) is 23.7. The average molecular weight is 314 g/mol. The van der Waals surface area contributed by atoms with Crippen LogP contribution in [0.2, 0.25) is 0 Å². The minimum absolute atomic E-state index is 0.562. The van der Waals surface area contributed by atoms with E-state index < -0.39 is 0 Å². The molecular formula is C22H35N. The molecule has 0 bridgehead atoms. The van der Waals surface area contributed by atoms with Crippen LogP contribution in [-0.2, 0) is 6.42 Å². The van der Waals surface area contributed by atoms with Crippen molar-refractivity contribution in [3.8, 4) is 0 Å². The Labute approximate surface area is 143 Å². The van der Waals surface area contributed by atoms with Crippen molar-refractivity contribution in [2.75, 3.05) is 13.1 Å². The number of rotatable bonds is 11. The van der Waals surface area contributed by atoms with Gasteiger partial charge in [-0.15, -0.1) is 0 Å². The fourth-order valence-corrected chi connectivity index (χ4v) is 4.31. The van der Waals surface area contributed by atoms with Gasteiger partial charge in [0, 0.05) is 5.54 Å². The van der Waals surface area contributed by atoms with Crippen molar-refractivity contribution in [1.29, 1.82) is 0 Å². The first kappa shape index (κ1) is 18.3. The zero-order valence-electron chi connectivity index (χ0n) is 15.4. The van der Waals surface area contributed by atoms with Crippen LogP contribution in [0.15, 0.2) is 42.5 Å². The van der Waals surface area contributed by atoms with Crippen LogP contribution < -0.4 is 0 Å². The van der Waals surface area contributed by atoms with Gasteiger partial charge in [0.05, 0.1) is 0 Å². The predicted molar refractivity (Wildman–Crippen MR) is 102 cm³/mol. The van der Waals surface area contributed by atoms with Crippen LogP contribution in [0.3, 0.4) is 0 Å². The molecule has 1 aliphatic carbocycles. The fourth-order valence-electron chi connectivity index (χ4n) is 4.31. The smallest absolute Gasteiger partial charge is 0.0241 e. The maximum atomic E-state index is 2.73. The quantitative estimate of drug-likeness (QED) is 0.365. The van der Waals surface area contributed by atoms with Crippen molar-refractivity contribution in [1.82, 2.24) is 4.90 Å².